The van der Waals surface area contributed by atoms with Crippen molar-refractivity contribution in [1.82, 2.24) is 10.2 Å². The molecule has 0 aromatic heterocycles. The SMILES string of the molecule is CCOC(=O)C(CN1C(C)CCCC1C)(NC)C1CC1. The van der Waals surface area contributed by atoms with Gasteiger partial charge in [0, 0.05) is 18.6 Å². The topological polar surface area (TPSA) is 41.6 Å². The van der Waals surface area contributed by atoms with Crippen molar-refractivity contribution in [2.75, 3.05) is 20.2 Å². The van der Waals surface area contributed by atoms with E-state index < -0.39 is 5.54 Å². The first-order chi connectivity index (χ1) is 9.55. The maximum Gasteiger partial charge on any atom is 0.327 e. The predicted octanol–water partition coefficient (Wildman–Crippen LogP) is 2.18. The molecule has 1 saturated heterocycles. The van der Waals surface area contributed by atoms with Gasteiger partial charge in [0.15, 0.2) is 0 Å². The maximum atomic E-state index is 12.6. The molecule has 20 heavy (non-hydrogen) atoms. The smallest absolute Gasteiger partial charge is 0.327 e. The van der Waals surface area contributed by atoms with E-state index in [-0.39, 0.29) is 5.97 Å². The number of likely N-dealkylation sites (N-methyl/N-ethyl adjacent to an activating group) is 1. The fourth-order valence-electron chi connectivity index (χ4n) is 3.66. The summed E-state index contributed by atoms with van der Waals surface area (Å²) in [6.07, 6.45) is 6.04. The highest BCUT2D eigenvalue weighted by atomic mass is 16.5. The van der Waals surface area contributed by atoms with Gasteiger partial charge in [-0.2, -0.15) is 0 Å². The summed E-state index contributed by atoms with van der Waals surface area (Å²) in [5.41, 5.74) is -0.504. The molecule has 3 atom stereocenters. The number of piperidine rings is 1. The average Bonchev–Trinajstić information content (AvgIpc) is 3.24. The van der Waals surface area contributed by atoms with E-state index in [2.05, 4.69) is 24.1 Å². The van der Waals surface area contributed by atoms with Crippen LogP contribution in [0.3, 0.4) is 0 Å². The highest BCUT2D eigenvalue weighted by Gasteiger charge is 2.52. The number of hydrogen-bond acceptors (Lipinski definition) is 4. The summed E-state index contributed by atoms with van der Waals surface area (Å²) in [7, 11) is 1.91. The van der Waals surface area contributed by atoms with Crippen molar-refractivity contribution >= 4 is 5.97 Å². The van der Waals surface area contributed by atoms with E-state index in [1.807, 2.05) is 14.0 Å². The summed E-state index contributed by atoms with van der Waals surface area (Å²) in [5, 5.41) is 3.33. The number of rotatable bonds is 6. The van der Waals surface area contributed by atoms with Crippen LogP contribution in [0.25, 0.3) is 0 Å². The summed E-state index contributed by atoms with van der Waals surface area (Å²) in [6.45, 7) is 7.70. The first kappa shape index (κ1) is 15.8. The van der Waals surface area contributed by atoms with E-state index >= 15 is 0 Å². The van der Waals surface area contributed by atoms with Crippen LogP contribution < -0.4 is 5.32 Å². The van der Waals surface area contributed by atoms with E-state index in [0.717, 1.165) is 19.4 Å². The van der Waals surface area contributed by atoms with Gasteiger partial charge < -0.3 is 10.1 Å². The van der Waals surface area contributed by atoms with Crippen molar-refractivity contribution in [3.63, 3.8) is 0 Å². The monoisotopic (exact) mass is 282 g/mol. The van der Waals surface area contributed by atoms with E-state index in [4.69, 9.17) is 4.74 Å². The van der Waals surface area contributed by atoms with E-state index in [9.17, 15) is 4.79 Å². The zero-order valence-corrected chi connectivity index (χ0v) is 13.4. The first-order valence-electron chi connectivity index (χ1n) is 8.17. The van der Waals surface area contributed by atoms with Gasteiger partial charge >= 0.3 is 5.97 Å². The molecular formula is C16H30N2O2. The Morgan fingerprint density at radius 2 is 1.85 bits per heavy atom. The van der Waals surface area contributed by atoms with Crippen LogP contribution in [0.4, 0.5) is 0 Å². The quantitative estimate of drug-likeness (QED) is 0.758. The Morgan fingerprint density at radius 3 is 2.30 bits per heavy atom. The van der Waals surface area contributed by atoms with Gasteiger partial charge in [0.05, 0.1) is 6.61 Å². The third-order valence-electron chi connectivity index (χ3n) is 5.17. The zero-order chi connectivity index (χ0) is 14.8. The molecule has 4 heteroatoms. The molecule has 116 valence electrons. The average molecular weight is 282 g/mol. The third-order valence-corrected chi connectivity index (χ3v) is 5.17. The number of nitrogens with one attached hydrogen (secondary N) is 1. The molecule has 1 N–H and O–H groups in total. The van der Waals surface area contributed by atoms with Gasteiger partial charge in [0.1, 0.15) is 5.54 Å². The summed E-state index contributed by atoms with van der Waals surface area (Å²) in [5.74, 6) is 0.378. The van der Waals surface area contributed by atoms with E-state index in [0.29, 0.717) is 24.6 Å². The zero-order valence-electron chi connectivity index (χ0n) is 13.4. The van der Waals surface area contributed by atoms with Gasteiger partial charge in [-0.25, -0.2) is 4.79 Å². The molecule has 2 rings (SSSR count). The predicted molar refractivity (Wildman–Crippen MR) is 80.6 cm³/mol. The van der Waals surface area contributed by atoms with Crippen LogP contribution in [-0.4, -0.2) is 48.7 Å². The molecule has 0 amide bonds. The third kappa shape index (κ3) is 3.01. The lowest BCUT2D eigenvalue weighted by Gasteiger charge is -2.44. The second kappa shape index (κ2) is 6.44. The highest BCUT2D eigenvalue weighted by Crippen LogP contribution is 2.42. The van der Waals surface area contributed by atoms with Crippen molar-refractivity contribution < 1.29 is 9.53 Å². The van der Waals surface area contributed by atoms with Crippen molar-refractivity contribution in [1.29, 1.82) is 0 Å². The minimum Gasteiger partial charge on any atom is -0.465 e. The molecule has 0 radical (unpaired) electrons. The molecule has 3 unspecified atom stereocenters. The minimum absolute atomic E-state index is 0.0602. The van der Waals surface area contributed by atoms with Crippen molar-refractivity contribution in [3.8, 4) is 0 Å². The Balaban J connectivity index is 2.16. The van der Waals surface area contributed by atoms with Gasteiger partial charge in [-0.15, -0.1) is 0 Å². The second-order valence-electron chi connectivity index (χ2n) is 6.52. The fourth-order valence-corrected chi connectivity index (χ4v) is 3.66. The van der Waals surface area contributed by atoms with Crippen LogP contribution in [0.15, 0.2) is 0 Å². The first-order valence-corrected chi connectivity index (χ1v) is 8.17. The number of likely N-dealkylation sites (tertiary alicyclic amines) is 1. The number of ether oxygens (including phenoxy) is 1. The van der Waals surface area contributed by atoms with Gasteiger partial charge in [-0.3, -0.25) is 4.90 Å². The normalized spacial score (nSPS) is 30.8. The molecule has 4 nitrogen and oxygen atoms in total. The van der Waals surface area contributed by atoms with E-state index in [1.54, 1.807) is 0 Å². The van der Waals surface area contributed by atoms with Gasteiger partial charge in [0.2, 0.25) is 0 Å². The summed E-state index contributed by atoms with van der Waals surface area (Å²) in [6, 6.07) is 1.11. The largest absolute Gasteiger partial charge is 0.465 e. The number of hydrogen-bond donors (Lipinski definition) is 1. The molecule has 0 aromatic rings. The summed E-state index contributed by atoms with van der Waals surface area (Å²) < 4.78 is 5.38. The van der Waals surface area contributed by atoms with Crippen LogP contribution >= 0.6 is 0 Å². The highest BCUT2D eigenvalue weighted by molar-refractivity contribution is 5.82. The molecular weight excluding hydrogens is 252 g/mol. The summed E-state index contributed by atoms with van der Waals surface area (Å²) in [4.78, 5) is 15.1. The molecule has 1 aliphatic heterocycles. The Labute approximate surface area is 123 Å². The molecule has 0 bridgehead atoms. The molecule has 1 aliphatic carbocycles. The van der Waals surface area contributed by atoms with Crippen LogP contribution in [-0.2, 0) is 9.53 Å². The number of carbonyl (C=O) groups excluding carboxylic acids is 1. The van der Waals surface area contributed by atoms with Crippen LogP contribution in [0.5, 0.6) is 0 Å². The summed E-state index contributed by atoms with van der Waals surface area (Å²) >= 11 is 0. The van der Waals surface area contributed by atoms with Crippen LogP contribution in [0.1, 0.15) is 52.9 Å². The lowest BCUT2D eigenvalue weighted by molar-refractivity contribution is -0.154. The molecule has 1 saturated carbocycles. The Hall–Kier alpha value is -0.610. The Bertz CT molecular complexity index is 333. The van der Waals surface area contributed by atoms with E-state index in [1.165, 1.54) is 19.3 Å². The Morgan fingerprint density at radius 1 is 1.25 bits per heavy atom. The lowest BCUT2D eigenvalue weighted by Crippen LogP contribution is -2.63. The fraction of sp³-hybridized carbons (Fsp3) is 0.938. The second-order valence-corrected chi connectivity index (χ2v) is 6.52. The van der Waals surface area contributed by atoms with Gasteiger partial charge in [0.25, 0.3) is 0 Å². The molecule has 0 aromatic carbocycles. The number of esters is 1. The molecule has 2 aliphatic rings. The molecule has 2 fully saturated rings. The minimum atomic E-state index is -0.504. The molecule has 1 heterocycles. The van der Waals surface area contributed by atoms with Crippen molar-refractivity contribution in [2.45, 2.75) is 70.5 Å². The van der Waals surface area contributed by atoms with Crippen molar-refractivity contribution in [2.24, 2.45) is 5.92 Å². The van der Waals surface area contributed by atoms with Crippen molar-refractivity contribution in [3.05, 3.63) is 0 Å². The van der Waals surface area contributed by atoms with Crippen LogP contribution in [0, 0.1) is 5.92 Å². The lowest BCUT2D eigenvalue weighted by atomic mass is 9.88. The Kier molecular flexibility index (Phi) is 5.08. The van der Waals surface area contributed by atoms with Gasteiger partial charge in [-0.1, -0.05) is 6.42 Å². The maximum absolute atomic E-state index is 12.6. The standard InChI is InChI=1S/C16H30N2O2/c1-5-20-15(19)16(17-4,14-9-10-14)11-18-12(2)7-6-8-13(18)3/h12-14,17H,5-11H2,1-4H3. The molecule has 0 spiro atoms. The van der Waals surface area contributed by atoms with Gasteiger partial charge in [-0.05, 0) is 59.4 Å². The number of nitrogens with zero attached hydrogens (tertiary/aromatic N) is 1. The number of carbonyl (C=O) groups is 1. The van der Waals surface area contributed by atoms with Crippen LogP contribution in [0.2, 0.25) is 0 Å².